The molecule has 0 radical (unpaired) electrons. The normalized spacial score (nSPS) is 14.8. The number of imidazole rings is 1. The number of nitrogens with zero attached hydrogens (tertiary/aromatic N) is 1. The Morgan fingerprint density at radius 3 is 2.03 bits per heavy atom. The molecule has 15 nitrogen and oxygen atoms in total. The summed E-state index contributed by atoms with van der Waals surface area (Å²) < 4.78 is 0. The molecule has 1 aromatic heterocycles. The SMILES string of the molecule is CC(O)C(N)C(=O)NC(Cc1cnc[nH]1)C(=O)NC(CC(=O)O)C(=O)NC(Cc1ccc(O)cc1)C(=O)O. The number of aliphatic hydroxyl groups is 1. The second-order valence-electron chi connectivity index (χ2n) is 8.54. The second-order valence-corrected chi connectivity index (χ2v) is 8.54. The summed E-state index contributed by atoms with van der Waals surface area (Å²) in [7, 11) is 0. The molecule has 15 heteroatoms. The van der Waals surface area contributed by atoms with Crippen molar-refractivity contribution in [2.75, 3.05) is 0 Å². The molecule has 0 aliphatic heterocycles. The number of aromatic hydroxyl groups is 1. The molecule has 0 bridgehead atoms. The highest BCUT2D eigenvalue weighted by Gasteiger charge is 2.32. The van der Waals surface area contributed by atoms with Crippen LogP contribution in [-0.4, -0.2) is 90.3 Å². The molecular formula is C23H30N6O9. The molecule has 0 saturated carbocycles. The Morgan fingerprint density at radius 2 is 1.50 bits per heavy atom. The first-order valence-electron chi connectivity index (χ1n) is 11.4. The molecule has 0 saturated heterocycles. The maximum Gasteiger partial charge on any atom is 0.326 e. The van der Waals surface area contributed by atoms with Crippen LogP contribution in [0.15, 0.2) is 36.8 Å². The van der Waals surface area contributed by atoms with Crippen LogP contribution in [0.3, 0.4) is 0 Å². The van der Waals surface area contributed by atoms with E-state index in [0.717, 1.165) is 0 Å². The van der Waals surface area contributed by atoms with E-state index in [1.165, 1.54) is 43.7 Å². The van der Waals surface area contributed by atoms with E-state index in [2.05, 4.69) is 25.9 Å². The zero-order valence-electron chi connectivity index (χ0n) is 20.3. The lowest BCUT2D eigenvalue weighted by Gasteiger charge is -2.25. The van der Waals surface area contributed by atoms with Gasteiger partial charge in [-0.15, -0.1) is 0 Å². The van der Waals surface area contributed by atoms with Gasteiger partial charge in [-0.25, -0.2) is 9.78 Å². The topological polar surface area (TPSA) is 257 Å². The van der Waals surface area contributed by atoms with Gasteiger partial charge < -0.3 is 47.1 Å². The van der Waals surface area contributed by atoms with Gasteiger partial charge in [0, 0.05) is 24.7 Å². The largest absolute Gasteiger partial charge is 0.508 e. The Kier molecular flexibility index (Phi) is 10.7. The fourth-order valence-corrected chi connectivity index (χ4v) is 3.31. The lowest BCUT2D eigenvalue weighted by molar-refractivity contribution is -0.143. The Hall–Kier alpha value is -4.50. The number of hydrogen-bond acceptors (Lipinski definition) is 9. The van der Waals surface area contributed by atoms with Crippen molar-refractivity contribution in [1.29, 1.82) is 0 Å². The fourth-order valence-electron chi connectivity index (χ4n) is 3.31. The van der Waals surface area contributed by atoms with E-state index in [1.54, 1.807) is 0 Å². The van der Waals surface area contributed by atoms with Crippen LogP contribution < -0.4 is 21.7 Å². The number of aliphatic hydroxyl groups excluding tert-OH is 1. The van der Waals surface area contributed by atoms with E-state index in [1.807, 2.05) is 0 Å². The lowest BCUT2D eigenvalue weighted by atomic mass is 10.0. The number of nitrogens with two attached hydrogens (primary N) is 1. The van der Waals surface area contributed by atoms with Crippen molar-refractivity contribution in [1.82, 2.24) is 25.9 Å². The van der Waals surface area contributed by atoms with Crippen LogP contribution in [0.2, 0.25) is 0 Å². The number of H-pyrrole nitrogens is 1. The number of aromatic nitrogens is 2. The number of carbonyl (C=O) groups excluding carboxylic acids is 3. The maximum absolute atomic E-state index is 13.1. The number of phenolic OH excluding ortho intramolecular Hbond substituents is 1. The first-order chi connectivity index (χ1) is 17.9. The van der Waals surface area contributed by atoms with Crippen LogP contribution in [0.25, 0.3) is 0 Å². The molecule has 5 atom stereocenters. The summed E-state index contributed by atoms with van der Waals surface area (Å²) in [5.41, 5.74) is 6.50. The predicted molar refractivity (Wildman–Crippen MR) is 129 cm³/mol. The van der Waals surface area contributed by atoms with E-state index in [9.17, 15) is 44.4 Å². The van der Waals surface area contributed by atoms with E-state index < -0.39 is 66.4 Å². The highest BCUT2D eigenvalue weighted by Crippen LogP contribution is 2.12. The summed E-state index contributed by atoms with van der Waals surface area (Å²) >= 11 is 0. The number of carboxylic acid groups (broad SMARTS) is 2. The van der Waals surface area contributed by atoms with E-state index in [-0.39, 0.29) is 18.6 Å². The number of nitrogens with one attached hydrogen (secondary N) is 4. The lowest BCUT2D eigenvalue weighted by Crippen LogP contribution is -2.59. The number of phenols is 1. The van der Waals surface area contributed by atoms with Crippen LogP contribution in [0.1, 0.15) is 24.6 Å². The van der Waals surface area contributed by atoms with Gasteiger partial charge in [-0.1, -0.05) is 12.1 Å². The van der Waals surface area contributed by atoms with Gasteiger partial charge in [-0.3, -0.25) is 19.2 Å². The van der Waals surface area contributed by atoms with Gasteiger partial charge in [0.1, 0.15) is 29.9 Å². The minimum Gasteiger partial charge on any atom is -0.508 e. The molecule has 0 aliphatic carbocycles. The second kappa shape index (κ2) is 13.7. The molecule has 38 heavy (non-hydrogen) atoms. The van der Waals surface area contributed by atoms with Gasteiger partial charge >= 0.3 is 11.9 Å². The summed E-state index contributed by atoms with van der Waals surface area (Å²) in [5, 5.41) is 44.6. The van der Waals surface area contributed by atoms with Crippen molar-refractivity contribution in [3.8, 4) is 5.75 Å². The molecule has 1 aromatic carbocycles. The summed E-state index contributed by atoms with van der Waals surface area (Å²) in [5.74, 6) is -5.83. The van der Waals surface area contributed by atoms with Gasteiger partial charge in [0.15, 0.2) is 0 Å². The minimum atomic E-state index is -1.70. The number of benzene rings is 1. The van der Waals surface area contributed by atoms with E-state index in [4.69, 9.17) is 5.73 Å². The number of amides is 3. The molecule has 3 amide bonds. The number of carboxylic acids is 2. The number of carbonyl (C=O) groups is 5. The quantitative estimate of drug-likeness (QED) is 0.124. The zero-order valence-corrected chi connectivity index (χ0v) is 20.3. The molecule has 2 rings (SSSR count). The molecule has 206 valence electrons. The Balaban J connectivity index is 2.20. The average Bonchev–Trinajstić information content (AvgIpc) is 3.36. The van der Waals surface area contributed by atoms with Crippen LogP contribution in [0.4, 0.5) is 0 Å². The maximum atomic E-state index is 13.1. The van der Waals surface area contributed by atoms with Crippen LogP contribution in [0.5, 0.6) is 5.75 Å². The van der Waals surface area contributed by atoms with Gasteiger partial charge in [0.2, 0.25) is 17.7 Å². The van der Waals surface area contributed by atoms with Gasteiger partial charge in [-0.2, -0.15) is 0 Å². The average molecular weight is 535 g/mol. The highest BCUT2D eigenvalue weighted by atomic mass is 16.4. The molecule has 1 heterocycles. The van der Waals surface area contributed by atoms with Crippen LogP contribution >= 0.6 is 0 Å². The molecule has 0 aliphatic rings. The van der Waals surface area contributed by atoms with E-state index >= 15 is 0 Å². The number of rotatable bonds is 14. The molecule has 5 unspecified atom stereocenters. The third kappa shape index (κ3) is 9.18. The molecule has 10 N–H and O–H groups in total. The third-order valence-electron chi connectivity index (χ3n) is 5.44. The van der Waals surface area contributed by atoms with Crippen molar-refractivity contribution in [2.45, 2.75) is 56.5 Å². The van der Waals surface area contributed by atoms with Gasteiger partial charge in [0.25, 0.3) is 0 Å². The van der Waals surface area contributed by atoms with Crippen LogP contribution in [-0.2, 0) is 36.8 Å². The Bertz CT molecular complexity index is 1120. The minimum absolute atomic E-state index is 0.0416. The van der Waals surface area contributed by atoms with Gasteiger partial charge in [-0.05, 0) is 24.6 Å². The first kappa shape index (κ1) is 29.7. The van der Waals surface area contributed by atoms with Crippen molar-refractivity contribution in [3.63, 3.8) is 0 Å². The summed E-state index contributed by atoms with van der Waals surface area (Å²) in [4.78, 5) is 68.0. The predicted octanol–water partition coefficient (Wildman–Crippen LogP) is -2.38. The summed E-state index contributed by atoms with van der Waals surface area (Å²) in [6, 6.07) is -0.339. The Labute approximate surface area is 216 Å². The highest BCUT2D eigenvalue weighted by molar-refractivity contribution is 5.95. The molecule has 0 fully saturated rings. The Morgan fingerprint density at radius 1 is 0.921 bits per heavy atom. The van der Waals surface area contributed by atoms with Gasteiger partial charge in [0.05, 0.1) is 18.9 Å². The van der Waals surface area contributed by atoms with E-state index in [0.29, 0.717) is 11.3 Å². The summed E-state index contributed by atoms with van der Waals surface area (Å²) in [6.45, 7) is 1.28. The summed E-state index contributed by atoms with van der Waals surface area (Å²) in [6.07, 6.45) is 0.242. The standard InChI is InChI=1S/C23H30N6O9/c1-11(30)19(24)22(36)28-15(7-13-9-25-10-26-13)20(34)27-16(8-18(32)33)21(35)29-17(23(37)38)6-12-2-4-14(31)5-3-12/h2-5,9-11,15-17,19,30-31H,6-8,24H2,1H3,(H,25,26)(H,27,34)(H,28,36)(H,29,35)(H,32,33)(H,37,38). The van der Waals surface area contributed by atoms with Crippen molar-refractivity contribution in [2.24, 2.45) is 5.73 Å². The van der Waals surface area contributed by atoms with Crippen LogP contribution in [0, 0.1) is 0 Å². The fraction of sp³-hybridized carbons (Fsp3) is 0.391. The smallest absolute Gasteiger partial charge is 0.326 e. The zero-order chi connectivity index (χ0) is 28.4. The molecular weight excluding hydrogens is 504 g/mol. The monoisotopic (exact) mass is 534 g/mol. The molecule has 2 aromatic rings. The van der Waals surface area contributed by atoms with Crippen molar-refractivity contribution < 1.29 is 44.4 Å². The first-order valence-corrected chi connectivity index (χ1v) is 11.4. The molecule has 0 spiro atoms. The number of aliphatic carboxylic acids is 2. The number of aromatic amines is 1. The van der Waals surface area contributed by atoms with Crippen molar-refractivity contribution >= 4 is 29.7 Å². The number of hydrogen-bond donors (Lipinski definition) is 9. The third-order valence-corrected chi connectivity index (χ3v) is 5.44. The van der Waals surface area contributed by atoms with Crippen molar-refractivity contribution in [3.05, 3.63) is 48.0 Å².